The van der Waals surface area contributed by atoms with Crippen LogP contribution in [-0.2, 0) is 13.6 Å². The summed E-state index contributed by atoms with van der Waals surface area (Å²) in [5.41, 5.74) is 2.36. The molecule has 20 heavy (non-hydrogen) atoms. The second kappa shape index (κ2) is 7.09. The van der Waals surface area contributed by atoms with E-state index in [0.29, 0.717) is 0 Å². The van der Waals surface area contributed by atoms with Crippen molar-refractivity contribution in [2.24, 2.45) is 12.5 Å². The normalized spacial score (nSPS) is 12.2. The second-order valence-electron chi connectivity index (χ2n) is 6.55. The summed E-state index contributed by atoms with van der Waals surface area (Å²) in [4.78, 5) is 2.36. The predicted octanol–water partition coefficient (Wildman–Crippen LogP) is 1.97. The lowest BCUT2D eigenvalue weighted by Gasteiger charge is -2.30. The SMILES string of the molecule is COc1c(CN(CCCO)CC(C)(C)C)c(C)nn1C. The molecule has 0 saturated carbocycles. The van der Waals surface area contributed by atoms with Gasteiger partial charge in [0.15, 0.2) is 0 Å². The van der Waals surface area contributed by atoms with Crippen LogP contribution in [0.3, 0.4) is 0 Å². The number of rotatable bonds is 7. The molecule has 5 heteroatoms. The lowest BCUT2D eigenvalue weighted by atomic mass is 9.95. The van der Waals surface area contributed by atoms with Gasteiger partial charge in [-0.25, -0.2) is 4.68 Å². The van der Waals surface area contributed by atoms with E-state index in [1.807, 2.05) is 14.0 Å². The van der Waals surface area contributed by atoms with E-state index >= 15 is 0 Å². The summed E-state index contributed by atoms with van der Waals surface area (Å²) in [6, 6.07) is 0. The van der Waals surface area contributed by atoms with Crippen LogP contribution in [0.25, 0.3) is 0 Å². The maximum atomic E-state index is 9.07. The van der Waals surface area contributed by atoms with Gasteiger partial charge in [0.2, 0.25) is 5.88 Å². The summed E-state index contributed by atoms with van der Waals surface area (Å²) < 4.78 is 7.24. The van der Waals surface area contributed by atoms with Gasteiger partial charge in [-0.05, 0) is 18.8 Å². The third-order valence-corrected chi connectivity index (χ3v) is 3.19. The van der Waals surface area contributed by atoms with Gasteiger partial charge in [0.1, 0.15) is 0 Å². The van der Waals surface area contributed by atoms with Crippen LogP contribution in [-0.4, -0.2) is 46.6 Å². The number of ether oxygens (including phenoxy) is 1. The first-order valence-corrected chi connectivity index (χ1v) is 7.18. The number of hydrogen-bond acceptors (Lipinski definition) is 4. The van der Waals surface area contributed by atoms with Crippen molar-refractivity contribution in [1.82, 2.24) is 14.7 Å². The van der Waals surface area contributed by atoms with Crippen molar-refractivity contribution >= 4 is 0 Å². The standard InChI is InChI=1S/C15H29N3O2/c1-12-13(14(20-6)17(5)16-12)10-18(8-7-9-19)11-15(2,3)4/h19H,7-11H2,1-6H3. The number of methoxy groups -OCH3 is 1. The number of nitrogens with zero attached hydrogens (tertiary/aromatic N) is 3. The van der Waals surface area contributed by atoms with Gasteiger partial charge in [-0.2, -0.15) is 5.10 Å². The molecule has 0 spiro atoms. The number of aliphatic hydroxyl groups excluding tert-OH is 1. The molecule has 0 aliphatic rings. The van der Waals surface area contributed by atoms with Gasteiger partial charge >= 0.3 is 0 Å². The highest BCUT2D eigenvalue weighted by Crippen LogP contribution is 2.24. The second-order valence-corrected chi connectivity index (χ2v) is 6.55. The van der Waals surface area contributed by atoms with Gasteiger partial charge in [-0.1, -0.05) is 20.8 Å². The largest absolute Gasteiger partial charge is 0.481 e. The van der Waals surface area contributed by atoms with Crippen molar-refractivity contribution in [2.45, 2.75) is 40.7 Å². The van der Waals surface area contributed by atoms with Crippen molar-refractivity contribution in [1.29, 1.82) is 0 Å². The first-order chi connectivity index (χ1) is 9.28. The molecule has 0 aliphatic heterocycles. The average Bonchev–Trinajstić information content (AvgIpc) is 2.59. The van der Waals surface area contributed by atoms with Crippen LogP contribution in [0.15, 0.2) is 0 Å². The van der Waals surface area contributed by atoms with Crippen molar-refractivity contribution in [3.05, 3.63) is 11.3 Å². The average molecular weight is 283 g/mol. The monoisotopic (exact) mass is 283 g/mol. The summed E-state index contributed by atoms with van der Waals surface area (Å²) in [7, 11) is 3.58. The Morgan fingerprint density at radius 3 is 2.50 bits per heavy atom. The molecule has 0 fully saturated rings. The van der Waals surface area contributed by atoms with Gasteiger partial charge in [0.25, 0.3) is 0 Å². The smallest absolute Gasteiger partial charge is 0.216 e. The van der Waals surface area contributed by atoms with E-state index < -0.39 is 0 Å². The minimum Gasteiger partial charge on any atom is -0.481 e. The minimum absolute atomic E-state index is 0.221. The summed E-state index contributed by atoms with van der Waals surface area (Å²) in [6.07, 6.45) is 0.789. The van der Waals surface area contributed by atoms with Crippen molar-refractivity contribution in [2.75, 3.05) is 26.8 Å². The van der Waals surface area contributed by atoms with Crippen LogP contribution in [0.2, 0.25) is 0 Å². The highest BCUT2D eigenvalue weighted by Gasteiger charge is 2.21. The Hall–Kier alpha value is -1.07. The molecule has 0 saturated heterocycles. The maximum absolute atomic E-state index is 9.07. The molecule has 1 aromatic heterocycles. The van der Waals surface area contributed by atoms with Crippen LogP contribution in [0.4, 0.5) is 0 Å². The Morgan fingerprint density at radius 1 is 1.35 bits per heavy atom. The van der Waals surface area contributed by atoms with Gasteiger partial charge in [0, 0.05) is 33.3 Å². The Balaban J connectivity index is 2.88. The zero-order valence-corrected chi connectivity index (χ0v) is 13.7. The van der Waals surface area contributed by atoms with Gasteiger partial charge in [0.05, 0.1) is 18.4 Å². The summed E-state index contributed by atoms with van der Waals surface area (Å²) in [5, 5.41) is 13.5. The van der Waals surface area contributed by atoms with E-state index in [1.165, 1.54) is 0 Å². The minimum atomic E-state index is 0.221. The molecule has 0 bridgehead atoms. The third-order valence-electron chi connectivity index (χ3n) is 3.19. The molecule has 1 aromatic rings. The summed E-state index contributed by atoms with van der Waals surface area (Å²) in [5.74, 6) is 0.824. The zero-order chi connectivity index (χ0) is 15.3. The number of aryl methyl sites for hydroxylation is 2. The molecule has 1 heterocycles. The van der Waals surface area contributed by atoms with Gasteiger partial charge in [-0.3, -0.25) is 4.90 Å². The first-order valence-electron chi connectivity index (χ1n) is 7.18. The Bertz CT molecular complexity index is 421. The predicted molar refractivity (Wildman–Crippen MR) is 80.9 cm³/mol. The molecule has 0 atom stereocenters. The number of aromatic nitrogens is 2. The summed E-state index contributed by atoms with van der Waals surface area (Å²) >= 11 is 0. The molecular formula is C15H29N3O2. The number of hydrogen-bond donors (Lipinski definition) is 1. The quantitative estimate of drug-likeness (QED) is 0.831. The van der Waals surface area contributed by atoms with Crippen molar-refractivity contribution in [3.63, 3.8) is 0 Å². The molecule has 0 radical (unpaired) electrons. The lowest BCUT2D eigenvalue weighted by Crippen LogP contribution is -2.33. The highest BCUT2D eigenvalue weighted by atomic mass is 16.5. The van der Waals surface area contributed by atoms with Crippen LogP contribution < -0.4 is 4.74 Å². The van der Waals surface area contributed by atoms with E-state index in [1.54, 1.807) is 11.8 Å². The Labute approximate surface area is 122 Å². The van der Waals surface area contributed by atoms with E-state index in [2.05, 4.69) is 30.8 Å². The van der Waals surface area contributed by atoms with Crippen molar-refractivity contribution < 1.29 is 9.84 Å². The topological polar surface area (TPSA) is 50.5 Å². The van der Waals surface area contributed by atoms with Crippen LogP contribution >= 0.6 is 0 Å². The van der Waals surface area contributed by atoms with Crippen LogP contribution in [0.5, 0.6) is 5.88 Å². The molecule has 5 nitrogen and oxygen atoms in total. The molecule has 1 rings (SSSR count). The molecule has 116 valence electrons. The van der Waals surface area contributed by atoms with Crippen molar-refractivity contribution in [3.8, 4) is 5.88 Å². The fourth-order valence-electron chi connectivity index (χ4n) is 2.52. The van der Waals surface area contributed by atoms with Crippen LogP contribution in [0, 0.1) is 12.3 Å². The molecule has 1 N–H and O–H groups in total. The molecule has 0 aliphatic carbocycles. The summed E-state index contributed by atoms with van der Waals surface area (Å²) in [6.45, 7) is 11.6. The lowest BCUT2D eigenvalue weighted by molar-refractivity contribution is 0.164. The van der Waals surface area contributed by atoms with E-state index in [4.69, 9.17) is 9.84 Å². The third kappa shape index (κ3) is 4.80. The van der Waals surface area contributed by atoms with Gasteiger partial charge < -0.3 is 9.84 Å². The Kier molecular flexibility index (Phi) is 6.02. The maximum Gasteiger partial charge on any atom is 0.216 e. The molecule has 0 amide bonds. The molecule has 0 unspecified atom stereocenters. The highest BCUT2D eigenvalue weighted by molar-refractivity contribution is 5.30. The fourth-order valence-corrected chi connectivity index (χ4v) is 2.52. The molecular weight excluding hydrogens is 254 g/mol. The zero-order valence-electron chi connectivity index (χ0n) is 13.7. The van der Waals surface area contributed by atoms with E-state index in [9.17, 15) is 0 Å². The number of aliphatic hydroxyl groups is 1. The molecule has 0 aromatic carbocycles. The fraction of sp³-hybridized carbons (Fsp3) is 0.800. The Morgan fingerprint density at radius 2 is 2.00 bits per heavy atom. The van der Waals surface area contributed by atoms with E-state index in [-0.39, 0.29) is 12.0 Å². The van der Waals surface area contributed by atoms with Crippen LogP contribution in [0.1, 0.15) is 38.4 Å². The van der Waals surface area contributed by atoms with E-state index in [0.717, 1.165) is 43.2 Å². The first kappa shape index (κ1) is 17.0. The van der Waals surface area contributed by atoms with Gasteiger partial charge in [-0.15, -0.1) is 0 Å².